The molecule has 17 heteroatoms. The van der Waals surface area contributed by atoms with Crippen molar-refractivity contribution < 1.29 is 38.5 Å². The molecule has 3 amide bonds. The normalized spacial score (nSPS) is 27.5. The van der Waals surface area contributed by atoms with E-state index in [4.69, 9.17) is 35.8 Å². The number of benzene rings is 1. The Balaban J connectivity index is 1.10. The van der Waals surface area contributed by atoms with Crippen molar-refractivity contribution in [2.75, 3.05) is 51.3 Å². The number of rotatable bonds is 16. The van der Waals surface area contributed by atoms with Crippen molar-refractivity contribution in [3.05, 3.63) is 28.6 Å². The van der Waals surface area contributed by atoms with Gasteiger partial charge >= 0.3 is 5.97 Å². The third-order valence-electron chi connectivity index (χ3n) is 13.3. The van der Waals surface area contributed by atoms with Crippen molar-refractivity contribution in [1.29, 1.82) is 0 Å². The van der Waals surface area contributed by atoms with Crippen LogP contribution in [0, 0.1) is 29.1 Å². The lowest BCUT2D eigenvalue weighted by molar-refractivity contribution is -0.147. The van der Waals surface area contributed by atoms with Gasteiger partial charge in [-0.05, 0) is 74.8 Å². The van der Waals surface area contributed by atoms with Gasteiger partial charge in [-0.15, -0.1) is 11.3 Å². The number of ether oxygens (including phenoxy) is 3. The van der Waals surface area contributed by atoms with Gasteiger partial charge in [-0.3, -0.25) is 19.3 Å². The van der Waals surface area contributed by atoms with Crippen LogP contribution in [0.15, 0.2) is 23.6 Å². The molecular weight excluding hydrogens is 834 g/mol. The quantitative estimate of drug-likeness (QED) is 0.135. The number of pyridine rings is 1. The van der Waals surface area contributed by atoms with Crippen LogP contribution in [0.25, 0.3) is 22.3 Å². The SMILES string of the molecule is CC[C@@H]1C[C@]1(NC(=O)C1CC(Oc2cc(-c3csc(NC(C)C)n3)nc3c(Cl)c(OCCN4CCOCC4)ccc23)CN1C(=O)[C@@H](NC(=O)C1C[C@@H]2C[C@@H]2C1)C(C)(C)C)C(=O)O. The molecule has 336 valence electrons. The Kier molecular flexibility index (Phi) is 12.7. The minimum Gasteiger partial charge on any atom is -0.491 e. The summed E-state index contributed by atoms with van der Waals surface area (Å²) < 4.78 is 18.5. The highest BCUT2D eigenvalue weighted by Gasteiger charge is 2.61. The highest BCUT2D eigenvalue weighted by atomic mass is 35.5. The molecule has 5 fully saturated rings. The number of carboxylic acid groups (broad SMARTS) is 1. The molecule has 0 spiro atoms. The molecule has 3 aromatic rings. The van der Waals surface area contributed by atoms with E-state index in [1.807, 2.05) is 53.0 Å². The minimum atomic E-state index is -1.40. The van der Waals surface area contributed by atoms with Gasteiger partial charge in [0.15, 0.2) is 5.13 Å². The summed E-state index contributed by atoms with van der Waals surface area (Å²) in [4.78, 5) is 69.0. The Morgan fingerprint density at radius 1 is 1.03 bits per heavy atom. The number of aromatic nitrogens is 2. The zero-order chi connectivity index (χ0) is 44.1. The van der Waals surface area contributed by atoms with Crippen molar-refractivity contribution in [2.24, 2.45) is 29.1 Å². The summed E-state index contributed by atoms with van der Waals surface area (Å²) in [6.45, 7) is 15.8. The Labute approximate surface area is 372 Å². The number of nitrogens with one attached hydrogen (secondary N) is 3. The maximum Gasteiger partial charge on any atom is 0.329 e. The number of halogens is 1. The van der Waals surface area contributed by atoms with Crippen molar-refractivity contribution in [1.82, 2.24) is 30.4 Å². The van der Waals surface area contributed by atoms with E-state index in [1.165, 1.54) is 22.7 Å². The van der Waals surface area contributed by atoms with Crippen molar-refractivity contribution >= 4 is 62.7 Å². The fraction of sp³-hybridized carbons (Fsp3) is 0.644. The Morgan fingerprint density at radius 2 is 1.77 bits per heavy atom. The van der Waals surface area contributed by atoms with Crippen LogP contribution < -0.4 is 25.4 Å². The molecule has 0 radical (unpaired) electrons. The smallest absolute Gasteiger partial charge is 0.329 e. The Hall–Kier alpha value is -4.25. The molecule has 3 unspecified atom stereocenters. The van der Waals surface area contributed by atoms with Crippen LogP contribution >= 0.6 is 22.9 Å². The number of anilines is 1. The number of aliphatic carboxylic acids is 1. The molecule has 4 N–H and O–H groups in total. The molecule has 2 aliphatic heterocycles. The zero-order valence-electron chi connectivity index (χ0n) is 36.5. The van der Waals surface area contributed by atoms with Crippen LogP contribution in [-0.2, 0) is 23.9 Å². The Morgan fingerprint density at radius 3 is 2.44 bits per heavy atom. The number of thiazole rings is 1. The summed E-state index contributed by atoms with van der Waals surface area (Å²) in [5, 5.41) is 23.1. The monoisotopic (exact) mass is 893 g/mol. The van der Waals surface area contributed by atoms with Crippen LogP contribution in [0.5, 0.6) is 11.5 Å². The first-order valence-corrected chi connectivity index (χ1v) is 23.4. The first kappa shape index (κ1) is 44.4. The summed E-state index contributed by atoms with van der Waals surface area (Å²) in [5.41, 5.74) is -0.538. The van der Waals surface area contributed by atoms with E-state index >= 15 is 0 Å². The molecule has 2 saturated heterocycles. The minimum absolute atomic E-state index is 0.0129. The summed E-state index contributed by atoms with van der Waals surface area (Å²) in [6, 6.07) is 3.60. The maximum atomic E-state index is 14.9. The third kappa shape index (κ3) is 9.34. The Bertz CT molecular complexity index is 2180. The number of carbonyl (C=O) groups excluding carboxylic acids is 3. The number of fused-ring (bicyclic) bond motifs is 2. The number of likely N-dealkylation sites (tertiary alicyclic amines) is 1. The van der Waals surface area contributed by atoms with E-state index in [-0.39, 0.29) is 36.8 Å². The second kappa shape index (κ2) is 17.7. The average Bonchev–Trinajstić information content (AvgIpc) is 3.90. The second-order valence-corrected chi connectivity index (χ2v) is 20.4. The van der Waals surface area contributed by atoms with Crippen LogP contribution in [-0.4, -0.2) is 124 Å². The fourth-order valence-electron chi connectivity index (χ4n) is 9.52. The van der Waals surface area contributed by atoms with Gasteiger partial charge in [0.2, 0.25) is 17.7 Å². The van der Waals surface area contributed by atoms with Gasteiger partial charge in [-0.1, -0.05) is 45.7 Å². The molecule has 4 heterocycles. The number of hydrogen-bond donors (Lipinski definition) is 4. The van der Waals surface area contributed by atoms with Gasteiger partial charge in [0.1, 0.15) is 52.5 Å². The molecular formula is C45H60ClN7O8S. The fourth-order valence-corrected chi connectivity index (χ4v) is 10.6. The lowest BCUT2D eigenvalue weighted by Crippen LogP contribution is -2.59. The van der Waals surface area contributed by atoms with E-state index in [0.717, 1.165) is 31.1 Å². The molecule has 15 nitrogen and oxygen atoms in total. The van der Waals surface area contributed by atoms with Gasteiger partial charge in [-0.25, -0.2) is 14.8 Å². The van der Waals surface area contributed by atoms with Crippen LogP contribution in [0.1, 0.15) is 80.1 Å². The molecule has 62 heavy (non-hydrogen) atoms. The lowest BCUT2D eigenvalue weighted by atomic mass is 9.85. The van der Waals surface area contributed by atoms with Crippen molar-refractivity contribution in [3.8, 4) is 22.9 Å². The van der Waals surface area contributed by atoms with E-state index in [9.17, 15) is 24.3 Å². The number of hydrogen-bond acceptors (Lipinski definition) is 12. The van der Waals surface area contributed by atoms with Crippen molar-refractivity contribution in [2.45, 2.75) is 110 Å². The number of nitrogens with zero attached hydrogens (tertiary/aromatic N) is 4. The van der Waals surface area contributed by atoms with Crippen LogP contribution in [0.4, 0.5) is 5.13 Å². The van der Waals surface area contributed by atoms with Crippen LogP contribution in [0.2, 0.25) is 5.02 Å². The zero-order valence-corrected chi connectivity index (χ0v) is 38.1. The van der Waals surface area contributed by atoms with E-state index in [1.54, 1.807) is 12.1 Å². The lowest BCUT2D eigenvalue weighted by Gasteiger charge is -2.36. The summed E-state index contributed by atoms with van der Waals surface area (Å²) in [6.07, 6.45) is 3.09. The van der Waals surface area contributed by atoms with Gasteiger partial charge in [-0.2, -0.15) is 0 Å². The standard InChI is InChI=1S/C45H60ClN7O8S/c1-7-28-21-45(28,42(57)58)51-40(55)33-19-29(22-53(33)41(56)38(44(4,5)6)50-39(54)27-17-25-16-26(25)18-27)61-35-20-31(32-23-62-43(49-32)47-24(2)3)48-37-30(35)8-9-34(36(37)46)60-15-12-52-10-13-59-14-11-52/h8-9,20,23-29,33,38H,7,10-19,21-22H2,1-6H3,(H,47,49)(H,50,54)(H,51,55)(H,57,58)/t25-,26+,27?,28-,29?,33?,38-,45-/m1/s1. The molecule has 8 atom stereocenters. The highest BCUT2D eigenvalue weighted by molar-refractivity contribution is 7.14. The van der Waals surface area contributed by atoms with E-state index in [0.29, 0.717) is 89.9 Å². The number of carboxylic acids is 1. The molecule has 5 aliphatic rings. The predicted molar refractivity (Wildman–Crippen MR) is 237 cm³/mol. The van der Waals surface area contributed by atoms with Gasteiger partial charge < -0.3 is 40.2 Å². The first-order valence-electron chi connectivity index (χ1n) is 22.2. The van der Waals surface area contributed by atoms with Gasteiger partial charge in [0, 0.05) is 54.8 Å². The summed E-state index contributed by atoms with van der Waals surface area (Å²) >= 11 is 8.57. The molecule has 3 saturated carbocycles. The average molecular weight is 895 g/mol. The van der Waals surface area contributed by atoms with Crippen molar-refractivity contribution in [3.63, 3.8) is 0 Å². The van der Waals surface area contributed by atoms with E-state index in [2.05, 4.69) is 20.9 Å². The molecule has 8 rings (SSSR count). The molecule has 0 bridgehead atoms. The summed E-state index contributed by atoms with van der Waals surface area (Å²) in [7, 11) is 0. The molecule has 1 aromatic carbocycles. The topological polar surface area (TPSA) is 185 Å². The third-order valence-corrected chi connectivity index (χ3v) is 14.4. The van der Waals surface area contributed by atoms with Gasteiger partial charge in [0.25, 0.3) is 0 Å². The maximum absolute atomic E-state index is 14.9. The number of morpholine rings is 1. The predicted octanol–water partition coefficient (Wildman–Crippen LogP) is 5.84. The first-order chi connectivity index (χ1) is 29.5. The summed E-state index contributed by atoms with van der Waals surface area (Å²) in [5.74, 6) is -0.510. The van der Waals surface area contributed by atoms with Gasteiger partial charge in [0.05, 0.1) is 31.0 Å². The number of carbonyl (C=O) groups is 4. The largest absolute Gasteiger partial charge is 0.491 e. The number of amides is 3. The second-order valence-electron chi connectivity index (χ2n) is 19.2. The molecule has 3 aliphatic carbocycles. The molecule has 2 aromatic heterocycles. The highest BCUT2D eigenvalue weighted by Crippen LogP contribution is 2.54. The van der Waals surface area contributed by atoms with E-state index < -0.39 is 46.9 Å². The van der Waals surface area contributed by atoms with Crippen LogP contribution in [0.3, 0.4) is 0 Å².